The molecule has 1 saturated heterocycles. The number of nitrogens with one attached hydrogen (secondary N) is 2. The Bertz CT molecular complexity index is 870. The van der Waals surface area contributed by atoms with Gasteiger partial charge in [0.1, 0.15) is 0 Å². The van der Waals surface area contributed by atoms with Gasteiger partial charge in [-0.2, -0.15) is 0 Å². The van der Waals surface area contributed by atoms with E-state index in [1.54, 1.807) is 6.26 Å². The molecule has 144 valence electrons. The topological polar surface area (TPSA) is 63.4 Å². The SMILES string of the molecule is CCCc1c([C@@H]2C[C@@H]3C(C(=O)OC)=CO[C@H](C)[C@@H]3CN2)[nH]c2ccccc12. The molecule has 5 heteroatoms. The summed E-state index contributed by atoms with van der Waals surface area (Å²) in [6, 6.07) is 8.70. The van der Waals surface area contributed by atoms with Crippen molar-refractivity contribution >= 4 is 16.9 Å². The van der Waals surface area contributed by atoms with E-state index in [-0.39, 0.29) is 30.0 Å². The Morgan fingerprint density at radius 1 is 1.33 bits per heavy atom. The quantitative estimate of drug-likeness (QED) is 0.805. The number of aryl methyl sites for hydroxylation is 1. The van der Waals surface area contributed by atoms with E-state index in [0.29, 0.717) is 5.57 Å². The number of H-pyrrole nitrogens is 1. The molecule has 0 radical (unpaired) electrons. The van der Waals surface area contributed by atoms with Gasteiger partial charge in [-0.25, -0.2) is 4.79 Å². The third-order valence-corrected chi connectivity index (χ3v) is 6.13. The molecule has 4 rings (SSSR count). The largest absolute Gasteiger partial charge is 0.497 e. The number of hydrogen-bond donors (Lipinski definition) is 2. The third kappa shape index (κ3) is 3.14. The molecule has 1 fully saturated rings. The Balaban J connectivity index is 1.69. The number of carbonyl (C=O) groups is 1. The van der Waals surface area contributed by atoms with Crippen LogP contribution >= 0.6 is 0 Å². The van der Waals surface area contributed by atoms with E-state index < -0.39 is 0 Å². The minimum atomic E-state index is -0.275. The first-order valence-electron chi connectivity index (χ1n) is 9.90. The fraction of sp³-hybridized carbons (Fsp3) is 0.500. The highest BCUT2D eigenvalue weighted by molar-refractivity contribution is 5.89. The van der Waals surface area contributed by atoms with Gasteiger partial charge in [-0.1, -0.05) is 31.5 Å². The smallest absolute Gasteiger partial charge is 0.337 e. The summed E-state index contributed by atoms with van der Waals surface area (Å²) in [6.07, 6.45) is 4.73. The highest BCUT2D eigenvalue weighted by Gasteiger charge is 2.42. The number of carbonyl (C=O) groups excluding carboxylic acids is 1. The Morgan fingerprint density at radius 3 is 2.93 bits per heavy atom. The maximum atomic E-state index is 12.3. The molecular weight excluding hydrogens is 340 g/mol. The van der Waals surface area contributed by atoms with Gasteiger partial charge in [-0.15, -0.1) is 0 Å². The van der Waals surface area contributed by atoms with Crippen LogP contribution in [0.15, 0.2) is 36.1 Å². The number of rotatable bonds is 4. The number of ether oxygens (including phenoxy) is 2. The first-order valence-corrected chi connectivity index (χ1v) is 9.90. The van der Waals surface area contributed by atoms with Crippen LogP contribution in [0.25, 0.3) is 10.9 Å². The van der Waals surface area contributed by atoms with E-state index in [0.717, 1.165) is 25.8 Å². The highest BCUT2D eigenvalue weighted by atomic mass is 16.5. The summed E-state index contributed by atoms with van der Waals surface area (Å²) in [6.45, 7) is 5.12. The van der Waals surface area contributed by atoms with Gasteiger partial charge in [-0.3, -0.25) is 0 Å². The molecule has 27 heavy (non-hydrogen) atoms. The average Bonchev–Trinajstić information content (AvgIpc) is 3.06. The summed E-state index contributed by atoms with van der Waals surface area (Å²) in [4.78, 5) is 15.9. The zero-order valence-electron chi connectivity index (χ0n) is 16.2. The second-order valence-electron chi connectivity index (χ2n) is 7.69. The van der Waals surface area contributed by atoms with Crippen molar-refractivity contribution in [2.75, 3.05) is 13.7 Å². The Morgan fingerprint density at radius 2 is 2.15 bits per heavy atom. The van der Waals surface area contributed by atoms with Crippen molar-refractivity contribution in [3.05, 3.63) is 47.4 Å². The van der Waals surface area contributed by atoms with Crippen molar-refractivity contribution in [1.82, 2.24) is 10.3 Å². The molecule has 2 aliphatic heterocycles. The summed E-state index contributed by atoms with van der Waals surface area (Å²) in [5.41, 5.74) is 4.51. The molecule has 0 saturated carbocycles. The molecule has 0 amide bonds. The van der Waals surface area contributed by atoms with Crippen LogP contribution in [0.1, 0.15) is 44.0 Å². The van der Waals surface area contributed by atoms with E-state index in [1.807, 2.05) is 0 Å². The fourth-order valence-electron chi connectivity index (χ4n) is 4.73. The lowest BCUT2D eigenvalue weighted by molar-refractivity contribution is -0.138. The fourth-order valence-corrected chi connectivity index (χ4v) is 4.73. The second kappa shape index (κ2) is 7.39. The number of para-hydroxylation sites is 1. The Hall–Kier alpha value is -2.27. The van der Waals surface area contributed by atoms with Crippen LogP contribution in [0, 0.1) is 11.8 Å². The van der Waals surface area contributed by atoms with Gasteiger partial charge in [-0.05, 0) is 31.4 Å². The molecule has 0 unspecified atom stereocenters. The first kappa shape index (κ1) is 18.1. The number of hydrogen-bond acceptors (Lipinski definition) is 4. The number of esters is 1. The van der Waals surface area contributed by atoms with Crippen molar-refractivity contribution in [3.8, 4) is 0 Å². The first-order chi connectivity index (χ1) is 13.1. The van der Waals surface area contributed by atoms with Gasteiger partial charge in [0.25, 0.3) is 0 Å². The normalized spacial score (nSPS) is 27.6. The monoisotopic (exact) mass is 368 g/mol. The molecule has 2 aliphatic rings. The lowest BCUT2D eigenvalue weighted by Crippen LogP contribution is -2.47. The van der Waals surface area contributed by atoms with Crippen LogP contribution in [0.4, 0.5) is 0 Å². The van der Waals surface area contributed by atoms with Crippen molar-refractivity contribution in [2.24, 2.45) is 11.8 Å². The van der Waals surface area contributed by atoms with E-state index in [4.69, 9.17) is 9.47 Å². The zero-order chi connectivity index (χ0) is 19.0. The molecule has 1 aromatic heterocycles. The minimum Gasteiger partial charge on any atom is -0.497 e. The molecule has 2 N–H and O–H groups in total. The van der Waals surface area contributed by atoms with Crippen molar-refractivity contribution in [3.63, 3.8) is 0 Å². The third-order valence-electron chi connectivity index (χ3n) is 6.13. The summed E-state index contributed by atoms with van der Waals surface area (Å²) in [5.74, 6) is 0.149. The molecule has 3 heterocycles. The summed E-state index contributed by atoms with van der Waals surface area (Å²) >= 11 is 0. The van der Waals surface area contributed by atoms with Gasteiger partial charge in [0.2, 0.25) is 0 Å². The lowest BCUT2D eigenvalue weighted by atomic mass is 9.74. The van der Waals surface area contributed by atoms with Crippen LogP contribution < -0.4 is 5.32 Å². The molecule has 0 spiro atoms. The molecular formula is C22H28N2O3. The predicted molar refractivity (Wildman–Crippen MR) is 105 cm³/mol. The van der Waals surface area contributed by atoms with Crippen molar-refractivity contribution in [2.45, 2.75) is 45.3 Å². The van der Waals surface area contributed by atoms with Crippen LogP contribution in [0.5, 0.6) is 0 Å². The molecule has 1 aromatic carbocycles. The maximum absolute atomic E-state index is 12.3. The molecule has 0 aliphatic carbocycles. The zero-order valence-corrected chi connectivity index (χ0v) is 16.2. The number of methoxy groups -OCH3 is 1. The minimum absolute atomic E-state index is 0.0923. The number of benzene rings is 1. The number of piperidine rings is 1. The maximum Gasteiger partial charge on any atom is 0.337 e. The summed E-state index contributed by atoms with van der Waals surface area (Å²) in [5, 5.41) is 5.02. The van der Waals surface area contributed by atoms with Crippen molar-refractivity contribution in [1.29, 1.82) is 0 Å². The van der Waals surface area contributed by atoms with E-state index in [1.165, 1.54) is 29.3 Å². The number of aromatic nitrogens is 1. The molecule has 4 atom stereocenters. The van der Waals surface area contributed by atoms with Crippen molar-refractivity contribution < 1.29 is 14.3 Å². The van der Waals surface area contributed by atoms with Gasteiger partial charge in [0.05, 0.1) is 25.0 Å². The Kier molecular flexibility index (Phi) is 4.96. The summed E-state index contributed by atoms with van der Waals surface area (Å²) < 4.78 is 10.7. The number of aromatic amines is 1. The standard InChI is InChI=1S/C22H28N2O3/c1-4-7-15-14-8-5-6-9-19(14)24-21(15)20-10-16-17(11-23-20)13(2)27-12-18(16)22(25)26-3/h5-6,8-9,12-13,16-17,20,23-24H,4,7,10-11H2,1-3H3/t13-,16+,17+,20+/m1/s1. The second-order valence-corrected chi connectivity index (χ2v) is 7.69. The average molecular weight is 368 g/mol. The van der Waals surface area contributed by atoms with E-state index >= 15 is 0 Å². The summed E-state index contributed by atoms with van der Waals surface area (Å²) in [7, 11) is 1.44. The van der Waals surface area contributed by atoms with Gasteiger partial charge >= 0.3 is 5.97 Å². The van der Waals surface area contributed by atoms with E-state index in [9.17, 15) is 4.79 Å². The van der Waals surface area contributed by atoms with E-state index in [2.05, 4.69) is 48.4 Å². The highest BCUT2D eigenvalue weighted by Crippen LogP contribution is 2.42. The van der Waals surface area contributed by atoms with Gasteiger partial charge < -0.3 is 19.8 Å². The lowest BCUT2D eigenvalue weighted by Gasteiger charge is -2.42. The van der Waals surface area contributed by atoms with Crippen LogP contribution in [0.2, 0.25) is 0 Å². The van der Waals surface area contributed by atoms with Crippen LogP contribution in [-0.2, 0) is 20.7 Å². The van der Waals surface area contributed by atoms with Gasteiger partial charge in [0, 0.05) is 41.0 Å². The Labute approximate surface area is 160 Å². The molecule has 0 bridgehead atoms. The van der Waals surface area contributed by atoms with Crippen LogP contribution in [0.3, 0.4) is 0 Å². The number of fused-ring (bicyclic) bond motifs is 2. The molecule has 2 aromatic rings. The van der Waals surface area contributed by atoms with Crippen LogP contribution in [-0.4, -0.2) is 30.7 Å². The van der Waals surface area contributed by atoms with Gasteiger partial charge in [0.15, 0.2) is 0 Å². The molecule has 5 nitrogen and oxygen atoms in total. The predicted octanol–water partition coefficient (Wildman–Crippen LogP) is 3.86.